The average Bonchev–Trinajstić information content (AvgIpc) is 2.82. The largest absolute Gasteiger partial charge is 0.327 e. The Morgan fingerprint density at radius 2 is 1.73 bits per heavy atom. The molecule has 0 aliphatic carbocycles. The first-order valence-electron chi connectivity index (χ1n) is 8.82. The minimum Gasteiger partial charge on any atom is -0.327 e. The average molecular weight is 379 g/mol. The minimum atomic E-state index is -3.44. The molecule has 1 atom stereocenters. The van der Waals surface area contributed by atoms with Gasteiger partial charge in [-0.25, -0.2) is 12.7 Å². The molecule has 142 valence electrons. The highest BCUT2D eigenvalue weighted by molar-refractivity contribution is 7.89. The van der Waals surface area contributed by atoms with Crippen LogP contribution >= 0.6 is 0 Å². The van der Waals surface area contributed by atoms with Crippen molar-refractivity contribution in [3.63, 3.8) is 0 Å². The lowest BCUT2D eigenvalue weighted by Crippen LogP contribution is -2.54. The third kappa shape index (κ3) is 3.41. The first-order chi connectivity index (χ1) is 12.1. The van der Waals surface area contributed by atoms with Crippen molar-refractivity contribution in [1.82, 2.24) is 9.21 Å². The highest BCUT2D eigenvalue weighted by Crippen LogP contribution is 2.29. The monoisotopic (exact) mass is 379 g/mol. The molecule has 26 heavy (non-hydrogen) atoms. The summed E-state index contributed by atoms with van der Waals surface area (Å²) in [7, 11) is -3.44. The molecule has 2 aliphatic heterocycles. The lowest BCUT2D eigenvalue weighted by molar-refractivity contribution is 0.0654. The Balaban J connectivity index is 1.60. The number of hydrogen-bond donors (Lipinski definition) is 1. The molecule has 2 aliphatic rings. The molecule has 3 rings (SSSR count). The van der Waals surface area contributed by atoms with Crippen LogP contribution in [0.25, 0.3) is 0 Å². The van der Waals surface area contributed by atoms with Gasteiger partial charge in [0.05, 0.1) is 16.9 Å². The van der Waals surface area contributed by atoms with Crippen LogP contribution in [0.4, 0.5) is 0 Å². The van der Waals surface area contributed by atoms with Crippen molar-refractivity contribution in [3.05, 3.63) is 35.4 Å². The summed E-state index contributed by atoms with van der Waals surface area (Å²) in [5, 5.41) is 0. The van der Waals surface area contributed by atoms with E-state index in [1.54, 1.807) is 24.3 Å². The Morgan fingerprint density at radius 1 is 1.15 bits per heavy atom. The van der Waals surface area contributed by atoms with Crippen molar-refractivity contribution in [3.8, 4) is 0 Å². The number of rotatable bonds is 5. The molecule has 0 spiro atoms. The molecule has 2 heterocycles. The topological polar surface area (TPSA) is 101 Å². The summed E-state index contributed by atoms with van der Waals surface area (Å²) in [6.07, 6.45) is 0.849. The van der Waals surface area contributed by atoms with Gasteiger partial charge in [0, 0.05) is 25.7 Å². The van der Waals surface area contributed by atoms with Crippen LogP contribution in [-0.4, -0.2) is 60.9 Å². The lowest BCUT2D eigenvalue weighted by atomic mass is 9.81. The second kappa shape index (κ2) is 6.75. The Labute approximate surface area is 154 Å². The maximum atomic E-state index is 12.6. The highest BCUT2D eigenvalue weighted by atomic mass is 32.2. The van der Waals surface area contributed by atoms with Crippen molar-refractivity contribution in [2.45, 2.75) is 32.7 Å². The number of fused-ring (bicyclic) bond motifs is 1. The third-order valence-electron chi connectivity index (χ3n) is 5.33. The summed E-state index contributed by atoms with van der Waals surface area (Å²) in [4.78, 5) is 25.8. The van der Waals surface area contributed by atoms with E-state index in [0.29, 0.717) is 30.6 Å². The molecule has 7 nitrogen and oxygen atoms in total. The number of piperidine rings is 1. The molecule has 0 radical (unpaired) electrons. The fraction of sp³-hybridized carbons (Fsp3) is 0.556. The van der Waals surface area contributed by atoms with Crippen LogP contribution in [0, 0.1) is 5.41 Å². The van der Waals surface area contributed by atoms with Crippen LogP contribution in [0.5, 0.6) is 0 Å². The molecule has 1 aromatic carbocycles. The molecule has 0 bridgehead atoms. The van der Waals surface area contributed by atoms with Crippen LogP contribution in [0.1, 0.15) is 47.4 Å². The second-order valence-electron chi connectivity index (χ2n) is 7.69. The fourth-order valence-corrected chi connectivity index (χ4v) is 5.20. The van der Waals surface area contributed by atoms with Gasteiger partial charge in [0.1, 0.15) is 0 Å². The third-order valence-corrected chi connectivity index (χ3v) is 7.24. The van der Waals surface area contributed by atoms with Gasteiger partial charge < -0.3 is 5.73 Å². The van der Waals surface area contributed by atoms with Crippen molar-refractivity contribution >= 4 is 21.8 Å². The smallest absolute Gasteiger partial charge is 0.261 e. The van der Waals surface area contributed by atoms with Gasteiger partial charge in [-0.05, 0) is 30.4 Å². The zero-order chi connectivity index (χ0) is 19.1. The van der Waals surface area contributed by atoms with E-state index in [9.17, 15) is 18.0 Å². The summed E-state index contributed by atoms with van der Waals surface area (Å²) < 4.78 is 26.7. The number of nitrogens with two attached hydrogens (primary N) is 1. The summed E-state index contributed by atoms with van der Waals surface area (Å²) in [5.41, 5.74) is 6.56. The predicted octanol–water partition coefficient (Wildman–Crippen LogP) is 1.06. The molecule has 1 aromatic rings. The number of carbonyl (C=O) groups is 2. The summed E-state index contributed by atoms with van der Waals surface area (Å²) in [6, 6.07) is 6.63. The van der Waals surface area contributed by atoms with Gasteiger partial charge in [0.2, 0.25) is 10.0 Å². The Morgan fingerprint density at radius 3 is 2.27 bits per heavy atom. The molecule has 1 fully saturated rings. The number of imide groups is 1. The second-order valence-corrected chi connectivity index (χ2v) is 9.78. The number of amides is 2. The van der Waals surface area contributed by atoms with Crippen molar-refractivity contribution in [1.29, 1.82) is 0 Å². The molecule has 0 aromatic heterocycles. The van der Waals surface area contributed by atoms with E-state index >= 15 is 0 Å². The zero-order valence-electron chi connectivity index (χ0n) is 15.1. The number of benzene rings is 1. The summed E-state index contributed by atoms with van der Waals surface area (Å²) >= 11 is 0. The standard InChI is InChI=1S/C18H25N3O4S/c1-18(2)12-20(10-8-15(18)19)26(24,25)11-5-9-21-16(22)13-6-3-4-7-14(13)17(21)23/h3-4,6-7,15H,5,8-12,19H2,1-2H3. The van der Waals surface area contributed by atoms with Crippen molar-refractivity contribution in [2.75, 3.05) is 25.4 Å². The van der Waals surface area contributed by atoms with Gasteiger partial charge in [0.15, 0.2) is 0 Å². The molecule has 8 heteroatoms. The van der Waals surface area contributed by atoms with E-state index < -0.39 is 10.0 Å². The number of carbonyl (C=O) groups excluding carboxylic acids is 2. The van der Waals surface area contributed by atoms with E-state index in [1.165, 1.54) is 4.31 Å². The van der Waals surface area contributed by atoms with Crippen LogP contribution in [0.2, 0.25) is 0 Å². The van der Waals surface area contributed by atoms with E-state index in [1.807, 2.05) is 13.8 Å². The van der Waals surface area contributed by atoms with Gasteiger partial charge in [-0.1, -0.05) is 26.0 Å². The SMILES string of the molecule is CC1(C)CN(S(=O)(=O)CCCN2C(=O)c3ccccc3C2=O)CCC1N. The molecule has 2 amide bonds. The van der Waals surface area contributed by atoms with Gasteiger partial charge >= 0.3 is 0 Å². The Bertz CT molecular complexity index is 800. The van der Waals surface area contributed by atoms with Crippen LogP contribution in [0.15, 0.2) is 24.3 Å². The quantitative estimate of drug-likeness (QED) is 0.771. The lowest BCUT2D eigenvalue weighted by Gasteiger charge is -2.41. The predicted molar refractivity (Wildman–Crippen MR) is 98.2 cm³/mol. The maximum Gasteiger partial charge on any atom is 0.261 e. The van der Waals surface area contributed by atoms with E-state index in [4.69, 9.17) is 5.73 Å². The molecular formula is C18H25N3O4S. The van der Waals surface area contributed by atoms with Crippen LogP contribution < -0.4 is 5.73 Å². The number of nitrogens with zero attached hydrogens (tertiary/aromatic N) is 2. The van der Waals surface area contributed by atoms with Gasteiger partial charge in [-0.3, -0.25) is 14.5 Å². The Hall–Kier alpha value is -1.77. The molecule has 1 unspecified atom stereocenters. The Kier molecular flexibility index (Phi) is 4.94. The fourth-order valence-electron chi connectivity index (χ4n) is 3.54. The molecule has 2 N–H and O–H groups in total. The maximum absolute atomic E-state index is 12.6. The molecule has 0 saturated carbocycles. The molecular weight excluding hydrogens is 354 g/mol. The van der Waals surface area contributed by atoms with Crippen LogP contribution in [-0.2, 0) is 10.0 Å². The van der Waals surface area contributed by atoms with Crippen molar-refractivity contribution < 1.29 is 18.0 Å². The first-order valence-corrected chi connectivity index (χ1v) is 10.4. The minimum absolute atomic E-state index is 0.0210. The normalized spacial score (nSPS) is 23.3. The summed E-state index contributed by atoms with van der Waals surface area (Å²) in [5.74, 6) is -0.799. The number of sulfonamides is 1. The van der Waals surface area contributed by atoms with Gasteiger partial charge in [0.25, 0.3) is 11.8 Å². The first kappa shape index (κ1) is 19.0. The zero-order valence-corrected chi connectivity index (χ0v) is 16.0. The van der Waals surface area contributed by atoms with Gasteiger partial charge in [-0.15, -0.1) is 0 Å². The van der Waals surface area contributed by atoms with Gasteiger partial charge in [-0.2, -0.15) is 0 Å². The van der Waals surface area contributed by atoms with E-state index in [0.717, 1.165) is 4.90 Å². The van der Waals surface area contributed by atoms with Crippen LogP contribution in [0.3, 0.4) is 0 Å². The highest BCUT2D eigenvalue weighted by Gasteiger charge is 2.39. The van der Waals surface area contributed by atoms with E-state index in [-0.39, 0.29) is 42.0 Å². The summed E-state index contributed by atoms with van der Waals surface area (Å²) in [6.45, 7) is 4.85. The van der Waals surface area contributed by atoms with E-state index in [2.05, 4.69) is 0 Å². The number of hydrogen-bond acceptors (Lipinski definition) is 5. The molecule has 1 saturated heterocycles. The van der Waals surface area contributed by atoms with Crippen molar-refractivity contribution in [2.24, 2.45) is 11.1 Å².